The standard InChI is InChI=1S/C16H19NO5/c1-4-21-14(18)9-10-15(19)22-12(3)16(20)17-13-7-5-11(2)6-8-13/h5-10,12H,4H2,1-3H3,(H,17,20)/b10-9+/t12-/m0/s1. The smallest absolute Gasteiger partial charge is 0.331 e. The van der Waals surface area contributed by atoms with Crippen LogP contribution in [0.5, 0.6) is 0 Å². The van der Waals surface area contributed by atoms with Crippen molar-refractivity contribution in [1.29, 1.82) is 0 Å². The second-order valence-corrected chi connectivity index (χ2v) is 4.52. The average molecular weight is 305 g/mol. The number of aryl methyl sites for hydroxylation is 1. The normalized spacial score (nSPS) is 11.8. The molecule has 0 aliphatic heterocycles. The van der Waals surface area contributed by atoms with Crippen molar-refractivity contribution in [2.45, 2.75) is 26.9 Å². The molecule has 118 valence electrons. The minimum Gasteiger partial charge on any atom is -0.463 e. The van der Waals surface area contributed by atoms with Crippen molar-refractivity contribution in [3.05, 3.63) is 42.0 Å². The first-order valence-electron chi connectivity index (χ1n) is 6.85. The van der Waals surface area contributed by atoms with Gasteiger partial charge in [0.15, 0.2) is 6.10 Å². The Balaban J connectivity index is 2.48. The van der Waals surface area contributed by atoms with Gasteiger partial charge in [-0.05, 0) is 32.9 Å². The van der Waals surface area contributed by atoms with Crippen molar-refractivity contribution in [1.82, 2.24) is 0 Å². The molecule has 0 saturated heterocycles. The first-order chi connectivity index (χ1) is 10.4. The molecule has 0 aliphatic rings. The van der Waals surface area contributed by atoms with E-state index in [4.69, 9.17) is 4.74 Å². The molecule has 1 atom stereocenters. The number of rotatable bonds is 6. The van der Waals surface area contributed by atoms with Crippen LogP contribution in [0.3, 0.4) is 0 Å². The summed E-state index contributed by atoms with van der Waals surface area (Å²) in [5.41, 5.74) is 1.68. The van der Waals surface area contributed by atoms with Crippen LogP contribution in [0.4, 0.5) is 5.69 Å². The van der Waals surface area contributed by atoms with Crippen LogP contribution in [0.1, 0.15) is 19.4 Å². The molecular formula is C16H19NO5. The van der Waals surface area contributed by atoms with Gasteiger partial charge in [-0.2, -0.15) is 0 Å². The van der Waals surface area contributed by atoms with Gasteiger partial charge in [-0.3, -0.25) is 4.79 Å². The summed E-state index contributed by atoms with van der Waals surface area (Å²) in [4.78, 5) is 34.4. The number of amides is 1. The SMILES string of the molecule is CCOC(=O)/C=C/C(=O)O[C@@H](C)C(=O)Nc1ccc(C)cc1. The highest BCUT2D eigenvalue weighted by atomic mass is 16.5. The maximum Gasteiger partial charge on any atom is 0.331 e. The predicted molar refractivity (Wildman–Crippen MR) is 81.1 cm³/mol. The lowest BCUT2D eigenvalue weighted by molar-refractivity contribution is -0.148. The lowest BCUT2D eigenvalue weighted by Crippen LogP contribution is -2.29. The molecule has 1 aromatic rings. The summed E-state index contributed by atoms with van der Waals surface area (Å²) >= 11 is 0. The van der Waals surface area contributed by atoms with E-state index >= 15 is 0 Å². The third-order valence-electron chi connectivity index (χ3n) is 2.62. The summed E-state index contributed by atoms with van der Waals surface area (Å²) in [6.07, 6.45) is 0.894. The van der Waals surface area contributed by atoms with E-state index in [9.17, 15) is 14.4 Å². The van der Waals surface area contributed by atoms with Crippen molar-refractivity contribution in [2.75, 3.05) is 11.9 Å². The molecule has 0 saturated carbocycles. The maximum absolute atomic E-state index is 11.9. The van der Waals surface area contributed by atoms with Gasteiger partial charge in [0.25, 0.3) is 5.91 Å². The molecule has 0 spiro atoms. The molecule has 0 unspecified atom stereocenters. The lowest BCUT2D eigenvalue weighted by atomic mass is 10.2. The van der Waals surface area contributed by atoms with Crippen LogP contribution in [-0.4, -0.2) is 30.6 Å². The molecule has 1 N–H and O–H groups in total. The van der Waals surface area contributed by atoms with Crippen LogP contribution in [0.2, 0.25) is 0 Å². The van der Waals surface area contributed by atoms with Crippen LogP contribution in [-0.2, 0) is 23.9 Å². The highest BCUT2D eigenvalue weighted by Crippen LogP contribution is 2.09. The number of carbonyl (C=O) groups is 3. The Hall–Kier alpha value is -2.63. The van der Waals surface area contributed by atoms with E-state index in [2.05, 4.69) is 10.1 Å². The van der Waals surface area contributed by atoms with Crippen molar-refractivity contribution in [3.8, 4) is 0 Å². The first kappa shape index (κ1) is 17.4. The second-order valence-electron chi connectivity index (χ2n) is 4.52. The summed E-state index contributed by atoms with van der Waals surface area (Å²) in [7, 11) is 0. The molecule has 22 heavy (non-hydrogen) atoms. The second kappa shape index (κ2) is 8.61. The number of benzene rings is 1. The number of anilines is 1. The van der Waals surface area contributed by atoms with Crippen LogP contribution >= 0.6 is 0 Å². The fraction of sp³-hybridized carbons (Fsp3) is 0.312. The maximum atomic E-state index is 11.9. The third-order valence-corrected chi connectivity index (χ3v) is 2.62. The number of carbonyl (C=O) groups excluding carboxylic acids is 3. The Morgan fingerprint density at radius 1 is 1.14 bits per heavy atom. The van der Waals surface area contributed by atoms with Gasteiger partial charge in [0, 0.05) is 17.8 Å². The minimum atomic E-state index is -0.986. The average Bonchev–Trinajstić information content (AvgIpc) is 2.47. The van der Waals surface area contributed by atoms with Crippen LogP contribution in [0.25, 0.3) is 0 Å². The molecular weight excluding hydrogens is 286 g/mol. The fourth-order valence-corrected chi connectivity index (χ4v) is 1.47. The molecule has 6 nitrogen and oxygen atoms in total. The lowest BCUT2D eigenvalue weighted by Gasteiger charge is -2.12. The topological polar surface area (TPSA) is 81.7 Å². The van der Waals surface area contributed by atoms with Crippen molar-refractivity contribution in [3.63, 3.8) is 0 Å². The molecule has 1 rings (SSSR count). The van der Waals surface area contributed by atoms with Crippen molar-refractivity contribution >= 4 is 23.5 Å². The van der Waals surface area contributed by atoms with Gasteiger partial charge < -0.3 is 14.8 Å². The zero-order chi connectivity index (χ0) is 16.5. The highest BCUT2D eigenvalue weighted by Gasteiger charge is 2.16. The summed E-state index contributed by atoms with van der Waals surface area (Å²) in [6.45, 7) is 5.25. The van der Waals surface area contributed by atoms with E-state index in [1.807, 2.05) is 19.1 Å². The van der Waals surface area contributed by atoms with E-state index in [1.165, 1.54) is 6.92 Å². The Bertz CT molecular complexity index is 562. The van der Waals surface area contributed by atoms with Crippen LogP contribution < -0.4 is 5.32 Å². The van der Waals surface area contributed by atoms with E-state index in [0.717, 1.165) is 17.7 Å². The molecule has 1 aromatic carbocycles. The number of nitrogens with one attached hydrogen (secondary N) is 1. The molecule has 0 radical (unpaired) electrons. The van der Waals surface area contributed by atoms with Crippen LogP contribution in [0, 0.1) is 6.92 Å². The van der Waals surface area contributed by atoms with Crippen molar-refractivity contribution < 1.29 is 23.9 Å². The predicted octanol–water partition coefficient (Wildman–Crippen LogP) is 1.98. The number of esters is 2. The molecule has 0 fully saturated rings. The molecule has 6 heteroatoms. The zero-order valence-electron chi connectivity index (χ0n) is 12.8. The number of ether oxygens (including phenoxy) is 2. The molecule has 0 aliphatic carbocycles. The summed E-state index contributed by atoms with van der Waals surface area (Å²) < 4.78 is 9.51. The van der Waals surface area contributed by atoms with Gasteiger partial charge in [0.2, 0.25) is 0 Å². The zero-order valence-corrected chi connectivity index (χ0v) is 12.8. The van der Waals surface area contributed by atoms with E-state index in [0.29, 0.717) is 5.69 Å². The first-order valence-corrected chi connectivity index (χ1v) is 6.85. The molecule has 0 bridgehead atoms. The fourth-order valence-electron chi connectivity index (χ4n) is 1.47. The Kier molecular flexibility index (Phi) is 6.82. The Morgan fingerprint density at radius 3 is 2.32 bits per heavy atom. The minimum absolute atomic E-state index is 0.216. The van der Waals surface area contributed by atoms with Gasteiger partial charge in [0.05, 0.1) is 6.61 Å². The highest BCUT2D eigenvalue weighted by molar-refractivity contribution is 5.97. The summed E-state index contributed by atoms with van der Waals surface area (Å²) in [6, 6.07) is 7.22. The van der Waals surface area contributed by atoms with E-state index in [-0.39, 0.29) is 6.61 Å². The Labute approximate surface area is 129 Å². The van der Waals surface area contributed by atoms with Gasteiger partial charge >= 0.3 is 11.9 Å². The van der Waals surface area contributed by atoms with E-state index < -0.39 is 23.9 Å². The van der Waals surface area contributed by atoms with Gasteiger partial charge in [-0.1, -0.05) is 17.7 Å². The van der Waals surface area contributed by atoms with Gasteiger partial charge in [0.1, 0.15) is 0 Å². The Morgan fingerprint density at radius 2 is 1.73 bits per heavy atom. The van der Waals surface area contributed by atoms with Gasteiger partial charge in [-0.15, -0.1) is 0 Å². The van der Waals surface area contributed by atoms with E-state index in [1.54, 1.807) is 19.1 Å². The summed E-state index contributed by atoms with van der Waals surface area (Å²) in [5, 5.41) is 2.63. The van der Waals surface area contributed by atoms with Gasteiger partial charge in [-0.25, -0.2) is 9.59 Å². The third kappa shape index (κ3) is 6.21. The molecule has 1 amide bonds. The quantitative estimate of drug-likeness (QED) is 0.642. The molecule has 0 aromatic heterocycles. The number of hydrogen-bond donors (Lipinski definition) is 1. The summed E-state index contributed by atoms with van der Waals surface area (Å²) in [5.74, 6) is -1.89. The van der Waals surface area contributed by atoms with Crippen LogP contribution in [0.15, 0.2) is 36.4 Å². The number of hydrogen-bond acceptors (Lipinski definition) is 5. The largest absolute Gasteiger partial charge is 0.463 e. The monoisotopic (exact) mass is 305 g/mol. The van der Waals surface area contributed by atoms with Crippen molar-refractivity contribution in [2.24, 2.45) is 0 Å². The molecule has 0 heterocycles.